The fourth-order valence-electron chi connectivity index (χ4n) is 3.51. The number of halogens is 4. The first-order valence-corrected chi connectivity index (χ1v) is 11.4. The van der Waals surface area contributed by atoms with Gasteiger partial charge in [-0.25, -0.2) is 4.98 Å². The van der Waals surface area contributed by atoms with Crippen LogP contribution in [0.25, 0.3) is 22.3 Å². The number of carbonyl (C=O) groups excluding carboxylic acids is 1. The molecule has 0 aliphatic heterocycles. The molecule has 190 valence electrons. The van der Waals surface area contributed by atoms with E-state index in [-0.39, 0.29) is 28.3 Å². The third kappa shape index (κ3) is 5.64. The number of hydrogen-bond donors (Lipinski definition) is 1. The lowest BCUT2D eigenvalue weighted by atomic mass is 10.1. The van der Waals surface area contributed by atoms with Crippen molar-refractivity contribution < 1.29 is 27.4 Å². The van der Waals surface area contributed by atoms with Crippen molar-refractivity contribution in [3.05, 3.63) is 86.6 Å². The second-order valence-corrected chi connectivity index (χ2v) is 8.59. The van der Waals surface area contributed by atoms with Crippen LogP contribution >= 0.6 is 15.9 Å². The summed E-state index contributed by atoms with van der Waals surface area (Å²) < 4.78 is 52.4. The minimum Gasteiger partial charge on any atom is -0.493 e. The Kier molecular flexibility index (Phi) is 7.30. The molecule has 0 bridgehead atoms. The predicted molar refractivity (Wildman–Crippen MR) is 135 cm³/mol. The van der Waals surface area contributed by atoms with Gasteiger partial charge in [-0.3, -0.25) is 9.59 Å². The summed E-state index contributed by atoms with van der Waals surface area (Å²) in [6, 6.07) is 14.0. The summed E-state index contributed by atoms with van der Waals surface area (Å²) in [6.45, 7) is -0.453. The lowest BCUT2D eigenvalue weighted by molar-refractivity contribution is -0.137. The summed E-state index contributed by atoms with van der Waals surface area (Å²) in [6.07, 6.45) is -3.35. The standard InChI is InChI=1S/C25H18BrF3N4O4/c1-36-20-11-17(26)10-15(22(20)37-13-21(30)34)12-31-33-23(14-5-4-6-16(9-14)25(27,28)29)32-19-8-3-2-7-18(19)24(33)35/h2-12H,13H2,1H3,(H2,30,34). The molecule has 0 aliphatic rings. The Balaban J connectivity index is 1.93. The molecule has 4 aromatic rings. The summed E-state index contributed by atoms with van der Waals surface area (Å²) in [5.41, 5.74) is 4.31. The second kappa shape index (κ2) is 10.4. The van der Waals surface area contributed by atoms with E-state index in [2.05, 4.69) is 26.0 Å². The van der Waals surface area contributed by atoms with E-state index in [0.29, 0.717) is 15.6 Å². The third-order valence-electron chi connectivity index (χ3n) is 5.14. The van der Waals surface area contributed by atoms with Gasteiger partial charge in [-0.05, 0) is 36.4 Å². The molecule has 0 aliphatic carbocycles. The van der Waals surface area contributed by atoms with E-state index in [0.717, 1.165) is 16.8 Å². The van der Waals surface area contributed by atoms with E-state index in [4.69, 9.17) is 15.2 Å². The van der Waals surface area contributed by atoms with E-state index < -0.39 is 29.8 Å². The maximum Gasteiger partial charge on any atom is 0.416 e. The maximum atomic E-state index is 13.4. The van der Waals surface area contributed by atoms with Crippen LogP contribution in [0.1, 0.15) is 11.1 Å². The minimum atomic E-state index is -4.60. The first-order valence-electron chi connectivity index (χ1n) is 10.6. The highest BCUT2D eigenvalue weighted by molar-refractivity contribution is 9.10. The average molecular weight is 575 g/mol. The molecular formula is C25H18BrF3N4O4. The number of rotatable bonds is 7. The van der Waals surface area contributed by atoms with Gasteiger partial charge in [0.15, 0.2) is 23.9 Å². The van der Waals surface area contributed by atoms with E-state index >= 15 is 0 Å². The number of primary amides is 1. The molecule has 0 atom stereocenters. The van der Waals surface area contributed by atoms with Crippen molar-refractivity contribution in [2.24, 2.45) is 10.8 Å². The van der Waals surface area contributed by atoms with Crippen molar-refractivity contribution in [3.63, 3.8) is 0 Å². The van der Waals surface area contributed by atoms with Gasteiger partial charge < -0.3 is 15.2 Å². The Hall–Kier alpha value is -4.19. The SMILES string of the molecule is COc1cc(Br)cc(C=Nn2c(-c3cccc(C(F)(F)F)c3)nc3ccccc3c2=O)c1OCC(N)=O. The molecule has 0 fully saturated rings. The zero-order valence-corrected chi connectivity index (χ0v) is 20.7. The van der Waals surface area contributed by atoms with Gasteiger partial charge >= 0.3 is 6.18 Å². The molecule has 2 N–H and O–H groups in total. The average Bonchev–Trinajstić information content (AvgIpc) is 2.86. The molecule has 0 saturated heterocycles. The fraction of sp³-hybridized carbons (Fsp3) is 0.120. The first-order chi connectivity index (χ1) is 17.6. The van der Waals surface area contributed by atoms with Crippen LogP contribution in [0.15, 0.2) is 75.0 Å². The molecule has 0 saturated carbocycles. The predicted octanol–water partition coefficient (Wildman–Crippen LogP) is 4.60. The van der Waals surface area contributed by atoms with Gasteiger partial charge in [0.05, 0.1) is 29.8 Å². The first kappa shape index (κ1) is 25.9. The highest BCUT2D eigenvalue weighted by Crippen LogP contribution is 2.35. The number of aromatic nitrogens is 2. The minimum absolute atomic E-state index is 0.0341. The van der Waals surface area contributed by atoms with Crippen LogP contribution in [0.3, 0.4) is 0 Å². The third-order valence-corrected chi connectivity index (χ3v) is 5.60. The van der Waals surface area contributed by atoms with Crippen LogP contribution < -0.4 is 20.8 Å². The molecule has 1 amide bonds. The molecule has 3 aromatic carbocycles. The molecule has 0 unspecified atom stereocenters. The van der Waals surface area contributed by atoms with Crippen molar-refractivity contribution in [2.45, 2.75) is 6.18 Å². The number of nitrogens with two attached hydrogens (primary N) is 1. The molecular weight excluding hydrogens is 557 g/mol. The highest BCUT2D eigenvalue weighted by Gasteiger charge is 2.31. The van der Waals surface area contributed by atoms with Gasteiger partial charge in [0, 0.05) is 15.6 Å². The Morgan fingerprint density at radius 1 is 1.16 bits per heavy atom. The number of alkyl halides is 3. The number of ether oxygens (including phenoxy) is 2. The van der Waals surface area contributed by atoms with Crippen LogP contribution in [0.4, 0.5) is 13.2 Å². The Labute approximate surface area is 216 Å². The summed E-state index contributed by atoms with van der Waals surface area (Å²) in [7, 11) is 1.39. The summed E-state index contributed by atoms with van der Waals surface area (Å²) in [4.78, 5) is 29.1. The fourth-order valence-corrected chi connectivity index (χ4v) is 3.96. The zero-order chi connectivity index (χ0) is 26.7. The van der Waals surface area contributed by atoms with Crippen LogP contribution in [-0.2, 0) is 11.0 Å². The van der Waals surface area contributed by atoms with E-state index in [9.17, 15) is 22.8 Å². The molecule has 37 heavy (non-hydrogen) atoms. The number of nitrogens with zero attached hydrogens (tertiary/aromatic N) is 3. The lowest BCUT2D eigenvalue weighted by Gasteiger charge is -2.14. The quantitative estimate of drug-likeness (QED) is 0.324. The van der Waals surface area contributed by atoms with Crippen molar-refractivity contribution in [1.82, 2.24) is 9.66 Å². The number of amides is 1. The number of carbonyl (C=O) groups is 1. The van der Waals surface area contributed by atoms with Gasteiger partial charge in [0.1, 0.15) is 0 Å². The highest BCUT2D eigenvalue weighted by atomic mass is 79.9. The van der Waals surface area contributed by atoms with Gasteiger partial charge in [0.2, 0.25) is 0 Å². The Bertz CT molecular complexity index is 1580. The molecule has 8 nitrogen and oxygen atoms in total. The molecule has 1 aromatic heterocycles. The monoisotopic (exact) mass is 574 g/mol. The van der Waals surface area contributed by atoms with Gasteiger partial charge in [-0.2, -0.15) is 22.9 Å². The molecule has 12 heteroatoms. The van der Waals surface area contributed by atoms with Crippen LogP contribution in [-0.4, -0.2) is 35.5 Å². The van der Waals surface area contributed by atoms with Gasteiger partial charge in [-0.1, -0.05) is 40.2 Å². The normalized spacial score (nSPS) is 11.7. The maximum absolute atomic E-state index is 13.4. The zero-order valence-electron chi connectivity index (χ0n) is 19.1. The molecule has 0 radical (unpaired) electrons. The number of benzene rings is 3. The lowest BCUT2D eigenvalue weighted by Crippen LogP contribution is -2.21. The summed E-state index contributed by atoms with van der Waals surface area (Å²) in [5.74, 6) is -0.461. The summed E-state index contributed by atoms with van der Waals surface area (Å²) >= 11 is 3.34. The van der Waals surface area contributed by atoms with E-state index in [1.807, 2.05) is 0 Å². The van der Waals surface area contributed by atoms with Crippen LogP contribution in [0, 0.1) is 0 Å². The van der Waals surface area contributed by atoms with Crippen molar-refractivity contribution >= 4 is 39.0 Å². The topological polar surface area (TPSA) is 109 Å². The molecule has 4 rings (SSSR count). The van der Waals surface area contributed by atoms with E-state index in [1.54, 1.807) is 30.3 Å². The summed E-state index contributed by atoms with van der Waals surface area (Å²) in [5, 5.41) is 4.48. The number of hydrogen-bond acceptors (Lipinski definition) is 6. The van der Waals surface area contributed by atoms with Crippen molar-refractivity contribution in [2.75, 3.05) is 13.7 Å². The number of methoxy groups -OCH3 is 1. The Morgan fingerprint density at radius 3 is 2.62 bits per heavy atom. The molecule has 1 heterocycles. The molecule has 0 spiro atoms. The smallest absolute Gasteiger partial charge is 0.416 e. The van der Waals surface area contributed by atoms with Crippen LogP contribution in [0.2, 0.25) is 0 Å². The van der Waals surface area contributed by atoms with Gasteiger partial charge in [-0.15, -0.1) is 0 Å². The second-order valence-electron chi connectivity index (χ2n) is 7.67. The van der Waals surface area contributed by atoms with Crippen molar-refractivity contribution in [1.29, 1.82) is 0 Å². The number of fused-ring (bicyclic) bond motifs is 1. The van der Waals surface area contributed by atoms with Crippen molar-refractivity contribution in [3.8, 4) is 22.9 Å². The Morgan fingerprint density at radius 2 is 1.92 bits per heavy atom. The van der Waals surface area contributed by atoms with E-state index in [1.165, 1.54) is 31.5 Å². The number of para-hydroxylation sites is 1. The van der Waals surface area contributed by atoms with Crippen LogP contribution in [0.5, 0.6) is 11.5 Å². The largest absolute Gasteiger partial charge is 0.493 e. The van der Waals surface area contributed by atoms with Gasteiger partial charge in [0.25, 0.3) is 11.5 Å².